The Morgan fingerprint density at radius 3 is 1.69 bits per heavy atom. The highest BCUT2D eigenvalue weighted by atomic mass is 35.5. The molecule has 288 valence electrons. The lowest BCUT2D eigenvalue weighted by Crippen LogP contribution is -2.43. The van der Waals surface area contributed by atoms with E-state index >= 15 is 8.78 Å². The average Bonchev–Trinajstić information content (AvgIpc) is 3.98. The molecule has 4 heterocycles. The van der Waals surface area contributed by atoms with Crippen LogP contribution in [0.4, 0.5) is 28.9 Å². The number of nitrogens with two attached hydrogens (primary N) is 1. The summed E-state index contributed by atoms with van der Waals surface area (Å²) < 4.78 is 63.7. The van der Waals surface area contributed by atoms with Gasteiger partial charge < -0.3 is 35.1 Å². The van der Waals surface area contributed by atoms with Crippen LogP contribution in [0.2, 0.25) is 10.0 Å². The van der Waals surface area contributed by atoms with E-state index in [1.807, 2.05) is 0 Å². The van der Waals surface area contributed by atoms with Gasteiger partial charge in [-0.3, -0.25) is 14.4 Å². The number of carbonyl (C=O) groups excluding carboxylic acids is 1. The fraction of sp³-hybridized carbons (Fsp3) is 0.474. The van der Waals surface area contributed by atoms with Crippen molar-refractivity contribution in [3.8, 4) is 0 Å². The van der Waals surface area contributed by atoms with Gasteiger partial charge >= 0.3 is 5.97 Å². The number of carbonyl (C=O) groups is 2. The number of pyridine rings is 2. The molecule has 1 amide bonds. The molecule has 2 aromatic heterocycles. The van der Waals surface area contributed by atoms with Crippen LogP contribution < -0.4 is 31.7 Å². The summed E-state index contributed by atoms with van der Waals surface area (Å²) in [6.07, 6.45) is 3.10. The number of carboxylic acids is 1. The van der Waals surface area contributed by atoms with Gasteiger partial charge in [0.05, 0.1) is 61.4 Å². The van der Waals surface area contributed by atoms with Crippen molar-refractivity contribution >= 4 is 68.3 Å². The first-order chi connectivity index (χ1) is 26.1. The molecule has 2 aromatic carbocycles. The van der Waals surface area contributed by atoms with Crippen molar-refractivity contribution in [2.75, 3.05) is 36.0 Å². The Labute approximate surface area is 319 Å². The molecule has 17 heteroatoms. The van der Waals surface area contributed by atoms with Crippen molar-refractivity contribution in [2.24, 2.45) is 16.6 Å². The van der Waals surface area contributed by atoms with Crippen LogP contribution in [0.3, 0.4) is 0 Å². The van der Waals surface area contributed by atoms with Gasteiger partial charge in [-0.25, -0.2) is 22.4 Å². The van der Waals surface area contributed by atoms with Crippen molar-refractivity contribution < 1.29 is 32.3 Å². The lowest BCUT2D eigenvalue weighted by molar-refractivity contribution is 0.0694. The molecule has 55 heavy (non-hydrogen) atoms. The molecule has 4 aliphatic carbocycles. The lowest BCUT2D eigenvalue weighted by atomic mass is 10.00. The van der Waals surface area contributed by atoms with Crippen LogP contribution in [0.1, 0.15) is 71.3 Å². The zero-order valence-electron chi connectivity index (χ0n) is 29.1. The maximum Gasteiger partial charge on any atom is 0.341 e. The van der Waals surface area contributed by atoms with Gasteiger partial charge in [-0.1, -0.05) is 23.2 Å². The number of alkyl halides is 2. The second-order valence-electron chi connectivity index (χ2n) is 16.5. The van der Waals surface area contributed by atoms with E-state index in [2.05, 4.69) is 5.32 Å². The first-order valence-corrected chi connectivity index (χ1v) is 19.1. The Hall–Kier alpha value is -4.34. The lowest BCUT2D eigenvalue weighted by Gasteiger charge is -2.24. The number of halogens is 6. The van der Waals surface area contributed by atoms with E-state index in [1.54, 1.807) is 9.80 Å². The Bertz CT molecular complexity index is 2560. The first kappa shape index (κ1) is 35.1. The molecule has 11 nitrogen and oxygen atoms in total. The van der Waals surface area contributed by atoms with Crippen LogP contribution in [0, 0.1) is 22.5 Å². The third-order valence-corrected chi connectivity index (χ3v) is 13.7. The Morgan fingerprint density at radius 1 is 0.782 bits per heavy atom. The number of amides is 1. The molecule has 6 aliphatic rings. The second-order valence-corrected chi connectivity index (χ2v) is 17.2. The van der Waals surface area contributed by atoms with Crippen LogP contribution in [0.25, 0.3) is 21.8 Å². The number of aromatic carboxylic acids is 1. The molecular weight excluding hydrogens is 767 g/mol. The number of fused-ring (bicyclic) bond motifs is 2. The summed E-state index contributed by atoms with van der Waals surface area (Å²) in [5.41, 5.74) is 3.21. The van der Waals surface area contributed by atoms with E-state index in [0.29, 0.717) is 25.9 Å². The van der Waals surface area contributed by atoms with Gasteiger partial charge in [-0.05, 0) is 37.8 Å². The van der Waals surface area contributed by atoms with Crippen LogP contribution in [0.5, 0.6) is 0 Å². The molecule has 4 N–H and O–H groups in total. The summed E-state index contributed by atoms with van der Waals surface area (Å²) in [5.74, 6) is -3.97. The predicted molar refractivity (Wildman–Crippen MR) is 197 cm³/mol. The Morgan fingerprint density at radius 2 is 1.24 bits per heavy atom. The molecule has 4 saturated carbocycles. The summed E-state index contributed by atoms with van der Waals surface area (Å²) in [5, 5.41) is 11.8. The maximum atomic E-state index is 16.0. The second kappa shape index (κ2) is 11.6. The molecule has 2 saturated heterocycles. The van der Waals surface area contributed by atoms with E-state index in [1.165, 1.54) is 15.3 Å². The van der Waals surface area contributed by atoms with Crippen molar-refractivity contribution in [3.05, 3.63) is 77.8 Å². The van der Waals surface area contributed by atoms with E-state index in [9.17, 15) is 33.1 Å². The van der Waals surface area contributed by atoms with Gasteiger partial charge in [0.2, 0.25) is 10.9 Å². The molecule has 2 aliphatic heterocycles. The number of carboxylic acid groups (broad SMARTS) is 1. The Kier molecular flexibility index (Phi) is 7.41. The number of rotatable bonds is 7. The summed E-state index contributed by atoms with van der Waals surface area (Å²) in [4.78, 5) is 56.4. The van der Waals surface area contributed by atoms with Gasteiger partial charge in [-0.15, -0.1) is 0 Å². The molecule has 4 aromatic rings. The highest BCUT2D eigenvalue weighted by Crippen LogP contribution is 2.56. The van der Waals surface area contributed by atoms with Gasteiger partial charge in [0.1, 0.15) is 35.1 Å². The topological polar surface area (TPSA) is 143 Å². The minimum absolute atomic E-state index is 0.00665. The molecule has 0 bridgehead atoms. The highest BCUT2D eigenvalue weighted by Gasteiger charge is 2.57. The number of hydrogen-bond donors (Lipinski definition) is 3. The summed E-state index contributed by atoms with van der Waals surface area (Å²) in [7, 11) is 0. The summed E-state index contributed by atoms with van der Waals surface area (Å²) in [6.45, 7) is 1.17. The molecule has 6 fully saturated rings. The molecular formula is C38H34Cl2F4N6O5. The monoisotopic (exact) mass is 800 g/mol. The number of nitrogens with one attached hydrogen (secondary N) is 1. The van der Waals surface area contributed by atoms with Crippen molar-refractivity contribution in [1.82, 2.24) is 14.5 Å². The van der Waals surface area contributed by atoms with Crippen molar-refractivity contribution in [2.45, 2.75) is 75.0 Å². The SMILES string of the molecule is N[C@@H]1CN(c2c(F)cc3c(=O)c(C(=O)N[C@@H]4CN(c5c(F)cc6c(=O)c(C(=O)O)cn([C@@H]7C[C@@H]7F)c6c5Cl)CC45CC5)cn([C@@H]4C[C@@H]4F)c3c2Cl)CC12CC2. The van der Waals surface area contributed by atoms with Gasteiger partial charge in [0, 0.05) is 68.3 Å². The Balaban J connectivity index is 0.997. The van der Waals surface area contributed by atoms with Crippen molar-refractivity contribution in [3.63, 3.8) is 0 Å². The normalized spacial score (nSPS) is 28.1. The minimum Gasteiger partial charge on any atom is -0.477 e. The molecule has 2 spiro atoms. The van der Waals surface area contributed by atoms with Crippen LogP contribution in [0.15, 0.2) is 34.1 Å². The van der Waals surface area contributed by atoms with E-state index in [0.717, 1.165) is 31.2 Å². The van der Waals surface area contributed by atoms with Gasteiger partial charge in [-0.2, -0.15) is 0 Å². The van der Waals surface area contributed by atoms with Crippen LogP contribution in [-0.2, 0) is 0 Å². The molecule has 6 atom stereocenters. The highest BCUT2D eigenvalue weighted by molar-refractivity contribution is 6.38. The maximum absolute atomic E-state index is 16.0. The molecule has 10 rings (SSSR count). The largest absolute Gasteiger partial charge is 0.477 e. The number of anilines is 2. The fourth-order valence-electron chi connectivity index (χ4n) is 9.25. The first-order valence-electron chi connectivity index (χ1n) is 18.3. The number of hydrogen-bond acceptors (Lipinski definition) is 7. The molecule has 0 unspecified atom stereocenters. The zero-order chi connectivity index (χ0) is 38.6. The van der Waals surface area contributed by atoms with Gasteiger partial charge in [0.15, 0.2) is 0 Å². The average molecular weight is 802 g/mol. The van der Waals surface area contributed by atoms with Crippen molar-refractivity contribution in [1.29, 1.82) is 0 Å². The number of benzene rings is 2. The van der Waals surface area contributed by atoms with Crippen LogP contribution in [-0.4, -0.2) is 76.7 Å². The fourth-order valence-corrected chi connectivity index (χ4v) is 10.1. The van der Waals surface area contributed by atoms with E-state index in [4.69, 9.17) is 28.9 Å². The standard InChI is InChI=1S/C38H34Cl2F4N6O5/c39-27-29-15(5-21(43)31(27)47-11-25(45)37(13-47)1-2-37)33(51)17(9-49(29)23-7-19(23)41)35(53)46-26-12-48(14-38(26)3-4-38)32-22(44)6-16-30(28(32)40)50(24-8-20(24)42)10-18(34(16)52)36(54)55/h5-6,9-10,19-20,23-26H,1-4,7-8,11-14,45H2,(H,46,53)(H,54,55)/t19-,20-,23+,24+,25+,26+/m0/s1. The van der Waals surface area contributed by atoms with Gasteiger partial charge in [0.25, 0.3) is 5.91 Å². The summed E-state index contributed by atoms with van der Waals surface area (Å²) >= 11 is 13.7. The predicted octanol–water partition coefficient (Wildman–Crippen LogP) is 5.49. The zero-order valence-corrected chi connectivity index (χ0v) is 30.6. The molecule has 0 radical (unpaired) electrons. The van der Waals surface area contributed by atoms with E-state index < -0.39 is 75.8 Å². The minimum atomic E-state index is -1.54. The van der Waals surface area contributed by atoms with Crippen LogP contribution >= 0.6 is 23.2 Å². The van der Waals surface area contributed by atoms with E-state index in [-0.39, 0.29) is 86.2 Å². The third-order valence-electron chi connectivity index (χ3n) is 13.0. The third kappa shape index (κ3) is 5.17. The quantitative estimate of drug-likeness (QED) is 0.209. The smallest absolute Gasteiger partial charge is 0.341 e. The number of aromatic nitrogens is 2. The number of nitrogens with zero attached hydrogens (tertiary/aromatic N) is 4. The summed E-state index contributed by atoms with van der Waals surface area (Å²) in [6, 6.07) is -0.314.